The van der Waals surface area contributed by atoms with Crippen molar-refractivity contribution in [1.29, 1.82) is 0 Å². The summed E-state index contributed by atoms with van der Waals surface area (Å²) in [7, 11) is -1.98. The molecule has 1 amide bonds. The average Bonchev–Trinajstić information content (AvgIpc) is 3.11. The van der Waals surface area contributed by atoms with E-state index in [2.05, 4.69) is 5.32 Å². The second-order valence-corrected chi connectivity index (χ2v) is 10.1. The molecule has 0 radical (unpaired) electrons. The Morgan fingerprint density at radius 1 is 1.31 bits per heavy atom. The highest BCUT2D eigenvalue weighted by atomic mass is 32.2. The SMILES string of the molecule is COc1ccc(S(=O)(=O)CC(C)CC(=O)N2CCC3CC(C(=O)O)NC3C2)cc1. The number of nitrogens with zero attached hydrogens (tertiary/aromatic N) is 1. The number of carboxylic acids is 1. The molecule has 1 aromatic rings. The molecule has 4 atom stereocenters. The minimum atomic E-state index is -3.50. The zero-order chi connectivity index (χ0) is 21.2. The molecule has 0 aliphatic carbocycles. The number of carbonyl (C=O) groups is 2. The maximum Gasteiger partial charge on any atom is 0.320 e. The lowest BCUT2D eigenvalue weighted by Gasteiger charge is -2.35. The van der Waals surface area contributed by atoms with Gasteiger partial charge in [-0.15, -0.1) is 0 Å². The van der Waals surface area contributed by atoms with E-state index in [9.17, 15) is 23.1 Å². The number of aliphatic carboxylic acids is 1. The van der Waals surface area contributed by atoms with Crippen molar-refractivity contribution in [2.45, 2.75) is 43.2 Å². The molecule has 160 valence electrons. The van der Waals surface area contributed by atoms with Crippen molar-refractivity contribution in [3.05, 3.63) is 24.3 Å². The fraction of sp³-hybridized carbons (Fsp3) is 0.600. The zero-order valence-electron chi connectivity index (χ0n) is 16.7. The smallest absolute Gasteiger partial charge is 0.320 e. The third-order valence-corrected chi connectivity index (χ3v) is 7.80. The van der Waals surface area contributed by atoms with Gasteiger partial charge >= 0.3 is 5.97 Å². The van der Waals surface area contributed by atoms with E-state index in [0.717, 1.165) is 6.42 Å². The van der Waals surface area contributed by atoms with Crippen molar-refractivity contribution in [3.63, 3.8) is 0 Å². The molecule has 8 nitrogen and oxygen atoms in total. The number of amides is 1. The predicted molar refractivity (Wildman–Crippen MR) is 106 cm³/mol. The Labute approximate surface area is 171 Å². The van der Waals surface area contributed by atoms with Gasteiger partial charge in [-0.2, -0.15) is 0 Å². The fourth-order valence-electron chi connectivity index (χ4n) is 4.24. The highest BCUT2D eigenvalue weighted by molar-refractivity contribution is 7.91. The van der Waals surface area contributed by atoms with Crippen LogP contribution in [0.1, 0.15) is 26.2 Å². The molecule has 1 aromatic carbocycles. The molecule has 2 heterocycles. The minimum absolute atomic E-state index is 0.00728. The van der Waals surface area contributed by atoms with Gasteiger partial charge in [-0.1, -0.05) is 6.92 Å². The summed E-state index contributed by atoms with van der Waals surface area (Å²) in [4.78, 5) is 25.8. The van der Waals surface area contributed by atoms with Gasteiger partial charge in [0.05, 0.1) is 17.8 Å². The lowest BCUT2D eigenvalue weighted by Crippen LogP contribution is -2.50. The van der Waals surface area contributed by atoms with Crippen LogP contribution in [0, 0.1) is 11.8 Å². The zero-order valence-corrected chi connectivity index (χ0v) is 17.5. The fourth-order valence-corrected chi connectivity index (χ4v) is 5.85. The number of hydrogen-bond donors (Lipinski definition) is 2. The van der Waals surface area contributed by atoms with Crippen LogP contribution >= 0.6 is 0 Å². The first-order valence-corrected chi connectivity index (χ1v) is 11.5. The van der Waals surface area contributed by atoms with Crippen LogP contribution in [-0.4, -0.2) is 68.3 Å². The number of nitrogens with one attached hydrogen (secondary N) is 1. The van der Waals surface area contributed by atoms with Crippen molar-refractivity contribution in [2.24, 2.45) is 11.8 Å². The number of carbonyl (C=O) groups excluding carboxylic acids is 1. The number of hydrogen-bond acceptors (Lipinski definition) is 6. The molecule has 0 spiro atoms. The molecular formula is C20H28N2O6S. The van der Waals surface area contributed by atoms with Crippen LogP contribution in [0.25, 0.3) is 0 Å². The summed E-state index contributed by atoms with van der Waals surface area (Å²) in [5, 5.41) is 12.3. The monoisotopic (exact) mass is 424 g/mol. The van der Waals surface area contributed by atoms with Gasteiger partial charge in [-0.05, 0) is 48.9 Å². The van der Waals surface area contributed by atoms with Crippen LogP contribution in [0.5, 0.6) is 5.75 Å². The highest BCUT2D eigenvalue weighted by Gasteiger charge is 2.41. The number of carboxylic acid groups (broad SMARTS) is 1. The third-order valence-electron chi connectivity index (χ3n) is 5.81. The highest BCUT2D eigenvalue weighted by Crippen LogP contribution is 2.29. The predicted octanol–water partition coefficient (Wildman–Crippen LogP) is 1.16. The number of rotatable bonds is 7. The van der Waals surface area contributed by atoms with Gasteiger partial charge < -0.3 is 14.7 Å². The van der Waals surface area contributed by atoms with Crippen LogP contribution in [0.3, 0.4) is 0 Å². The Hall–Kier alpha value is -2.13. The van der Waals surface area contributed by atoms with Gasteiger partial charge in [0, 0.05) is 25.6 Å². The maximum atomic E-state index is 12.7. The summed E-state index contributed by atoms with van der Waals surface area (Å²) in [6.07, 6.45) is 1.51. The molecule has 0 saturated carbocycles. The summed E-state index contributed by atoms with van der Waals surface area (Å²) in [6.45, 7) is 2.83. The first-order valence-electron chi connectivity index (χ1n) is 9.83. The standard InChI is InChI=1S/C20H28N2O6S/c1-13(12-29(26,27)16-5-3-15(28-2)4-6-16)9-19(23)22-8-7-14-10-17(20(24)25)21-18(14)11-22/h3-6,13-14,17-18,21H,7-12H2,1-2H3,(H,24,25). The normalized spacial score (nSPS) is 25.3. The Morgan fingerprint density at radius 2 is 2.00 bits per heavy atom. The molecule has 2 saturated heterocycles. The second kappa shape index (κ2) is 8.71. The molecule has 3 rings (SSSR count). The maximum absolute atomic E-state index is 12.7. The molecule has 2 fully saturated rings. The number of likely N-dealkylation sites (tertiary alicyclic amines) is 1. The van der Waals surface area contributed by atoms with Gasteiger partial charge in [0.15, 0.2) is 9.84 Å². The van der Waals surface area contributed by atoms with E-state index in [1.165, 1.54) is 19.2 Å². The van der Waals surface area contributed by atoms with E-state index in [-0.39, 0.29) is 40.9 Å². The van der Waals surface area contributed by atoms with E-state index >= 15 is 0 Å². The molecule has 9 heteroatoms. The number of piperidine rings is 1. The first kappa shape index (κ1) is 21.6. The van der Waals surface area contributed by atoms with Crippen molar-refractivity contribution in [3.8, 4) is 5.75 Å². The summed E-state index contributed by atoms with van der Waals surface area (Å²) < 4.78 is 30.3. The minimum Gasteiger partial charge on any atom is -0.497 e. The van der Waals surface area contributed by atoms with Gasteiger partial charge in [-0.3, -0.25) is 14.9 Å². The summed E-state index contributed by atoms with van der Waals surface area (Å²) in [6, 6.07) is 5.68. The lowest BCUT2D eigenvalue weighted by atomic mass is 9.91. The lowest BCUT2D eigenvalue weighted by molar-refractivity contribution is -0.139. The van der Waals surface area contributed by atoms with E-state index in [4.69, 9.17) is 4.74 Å². The van der Waals surface area contributed by atoms with Gasteiger partial charge in [0.1, 0.15) is 11.8 Å². The third kappa shape index (κ3) is 5.08. The Morgan fingerprint density at radius 3 is 2.62 bits per heavy atom. The number of sulfone groups is 1. The number of fused-ring (bicyclic) bond motifs is 1. The second-order valence-electron chi connectivity index (χ2n) is 8.05. The molecular weight excluding hydrogens is 396 g/mol. The Bertz CT molecular complexity index is 854. The van der Waals surface area contributed by atoms with Crippen LogP contribution < -0.4 is 10.1 Å². The van der Waals surface area contributed by atoms with Gasteiger partial charge in [0.2, 0.25) is 5.91 Å². The molecule has 2 aliphatic heterocycles. The summed E-state index contributed by atoms with van der Waals surface area (Å²) in [5.74, 6) is -0.509. The van der Waals surface area contributed by atoms with Crippen LogP contribution in [0.2, 0.25) is 0 Å². The Balaban J connectivity index is 1.54. The molecule has 2 aliphatic rings. The van der Waals surface area contributed by atoms with Crippen LogP contribution in [-0.2, 0) is 19.4 Å². The first-order chi connectivity index (χ1) is 13.7. The Kier molecular flexibility index (Phi) is 6.48. The summed E-state index contributed by atoms with van der Waals surface area (Å²) >= 11 is 0. The number of benzene rings is 1. The largest absolute Gasteiger partial charge is 0.497 e. The van der Waals surface area contributed by atoms with Gasteiger partial charge in [-0.25, -0.2) is 8.42 Å². The summed E-state index contributed by atoms with van der Waals surface area (Å²) in [5.41, 5.74) is 0. The van der Waals surface area contributed by atoms with Gasteiger partial charge in [0.25, 0.3) is 0 Å². The number of ether oxygens (including phenoxy) is 1. The van der Waals surface area contributed by atoms with Crippen molar-refractivity contribution in [1.82, 2.24) is 10.2 Å². The van der Waals surface area contributed by atoms with E-state index in [1.807, 2.05) is 0 Å². The van der Waals surface area contributed by atoms with E-state index in [0.29, 0.717) is 25.3 Å². The van der Waals surface area contributed by atoms with Crippen LogP contribution in [0.4, 0.5) is 0 Å². The molecule has 2 N–H and O–H groups in total. The van der Waals surface area contributed by atoms with Crippen molar-refractivity contribution >= 4 is 21.7 Å². The topological polar surface area (TPSA) is 113 Å². The molecule has 29 heavy (non-hydrogen) atoms. The van der Waals surface area contributed by atoms with E-state index < -0.39 is 21.8 Å². The van der Waals surface area contributed by atoms with Crippen LogP contribution in [0.15, 0.2) is 29.2 Å². The molecule has 0 aromatic heterocycles. The van der Waals surface area contributed by atoms with Crippen molar-refractivity contribution < 1.29 is 27.9 Å². The number of methoxy groups -OCH3 is 1. The van der Waals surface area contributed by atoms with Crippen molar-refractivity contribution in [2.75, 3.05) is 26.0 Å². The van der Waals surface area contributed by atoms with E-state index in [1.54, 1.807) is 24.0 Å². The molecule has 0 bridgehead atoms. The molecule has 4 unspecified atom stereocenters. The average molecular weight is 425 g/mol. The quantitative estimate of drug-likeness (QED) is 0.675.